The predicted octanol–water partition coefficient (Wildman–Crippen LogP) is -0.635. The van der Waals surface area contributed by atoms with Crippen LogP contribution in [0, 0.1) is 13.8 Å². The average Bonchev–Trinajstić information content (AvgIpc) is 2.15. The molecule has 0 fully saturated rings. The quantitative estimate of drug-likeness (QED) is 0.505. The molecule has 0 aromatic heterocycles. The zero-order chi connectivity index (χ0) is 11.9. The minimum atomic E-state index is -4.43. The van der Waals surface area contributed by atoms with Crippen molar-refractivity contribution in [2.45, 2.75) is 18.7 Å². The first-order valence-electron chi connectivity index (χ1n) is 4.86. The first-order valence-corrected chi connectivity index (χ1v) is 6.27. The first-order chi connectivity index (χ1) is 7.41. The molecule has 0 bridgehead atoms. The smallest absolute Gasteiger partial charge is 0.744 e. The summed E-state index contributed by atoms with van der Waals surface area (Å²) >= 11 is 0. The molecule has 0 amide bonds. The Bertz CT molecular complexity index is 663. The van der Waals surface area contributed by atoms with Crippen molar-refractivity contribution in [1.82, 2.24) is 0 Å². The summed E-state index contributed by atoms with van der Waals surface area (Å²) in [4.78, 5) is -0.103. The van der Waals surface area contributed by atoms with Crippen molar-refractivity contribution >= 4 is 20.9 Å². The summed E-state index contributed by atoms with van der Waals surface area (Å²) in [6.45, 7) is 3.52. The molecule has 2 rings (SSSR count). The van der Waals surface area contributed by atoms with Gasteiger partial charge in [0.2, 0.25) is 0 Å². The van der Waals surface area contributed by atoms with Gasteiger partial charge in [0.05, 0.1) is 4.90 Å². The second-order valence-electron chi connectivity index (χ2n) is 3.84. The van der Waals surface area contributed by atoms with Gasteiger partial charge in [-0.05, 0) is 35.7 Å². The zero-order valence-corrected chi connectivity index (χ0v) is 12.8. The van der Waals surface area contributed by atoms with Crippen molar-refractivity contribution in [2.75, 3.05) is 0 Å². The van der Waals surface area contributed by atoms with Crippen LogP contribution in [0.15, 0.2) is 35.2 Å². The third kappa shape index (κ3) is 2.72. The van der Waals surface area contributed by atoms with Gasteiger partial charge in [-0.1, -0.05) is 30.3 Å². The minimum Gasteiger partial charge on any atom is -0.744 e. The van der Waals surface area contributed by atoms with Crippen molar-refractivity contribution in [3.8, 4) is 0 Å². The molecule has 0 spiro atoms. The molecule has 0 unspecified atom stereocenters. The van der Waals surface area contributed by atoms with E-state index in [0.717, 1.165) is 10.9 Å². The summed E-state index contributed by atoms with van der Waals surface area (Å²) in [5.41, 5.74) is 1.45. The van der Waals surface area contributed by atoms with Gasteiger partial charge in [-0.25, -0.2) is 8.42 Å². The Hall–Kier alpha value is -0.390. The van der Waals surface area contributed by atoms with Crippen LogP contribution < -0.4 is 29.6 Å². The van der Waals surface area contributed by atoms with Crippen LogP contribution in [0.5, 0.6) is 0 Å². The van der Waals surface area contributed by atoms with E-state index in [4.69, 9.17) is 0 Å². The standard InChI is InChI=1S/C12H12O3S.Na/c1-8-4-3-5-11-10(8)7-6-9(2)12(11)16(13,14)15;/h3-7H,1-2H3,(H,13,14,15);/q;+1/p-1. The molecule has 5 heteroatoms. The number of aryl methyl sites for hydroxylation is 2. The summed E-state index contributed by atoms with van der Waals surface area (Å²) in [7, 11) is -4.43. The van der Waals surface area contributed by atoms with Crippen LogP contribution in [-0.2, 0) is 10.1 Å². The van der Waals surface area contributed by atoms with Gasteiger partial charge in [0.15, 0.2) is 0 Å². The Morgan fingerprint density at radius 1 is 0.941 bits per heavy atom. The van der Waals surface area contributed by atoms with Crippen molar-refractivity contribution in [2.24, 2.45) is 0 Å². The van der Waals surface area contributed by atoms with Gasteiger partial charge < -0.3 is 4.55 Å². The third-order valence-corrected chi connectivity index (χ3v) is 3.72. The number of fused-ring (bicyclic) bond motifs is 1. The van der Waals surface area contributed by atoms with Gasteiger partial charge in [0.1, 0.15) is 10.1 Å². The molecule has 0 saturated carbocycles. The molecule has 84 valence electrons. The van der Waals surface area contributed by atoms with Crippen LogP contribution in [0.25, 0.3) is 10.8 Å². The number of rotatable bonds is 1. The molecule has 0 aliphatic heterocycles. The Kier molecular flexibility index (Phi) is 4.38. The van der Waals surface area contributed by atoms with Crippen LogP contribution in [0.4, 0.5) is 0 Å². The average molecular weight is 258 g/mol. The largest absolute Gasteiger partial charge is 1.00 e. The van der Waals surface area contributed by atoms with E-state index in [2.05, 4.69) is 0 Å². The second kappa shape index (κ2) is 5.08. The number of hydrogen-bond donors (Lipinski definition) is 0. The monoisotopic (exact) mass is 258 g/mol. The van der Waals surface area contributed by atoms with Crippen LogP contribution in [0.2, 0.25) is 0 Å². The van der Waals surface area contributed by atoms with Gasteiger partial charge in [0.25, 0.3) is 0 Å². The van der Waals surface area contributed by atoms with E-state index in [-0.39, 0.29) is 34.5 Å². The summed E-state index contributed by atoms with van der Waals surface area (Å²) in [5.74, 6) is 0. The summed E-state index contributed by atoms with van der Waals surface area (Å²) in [5, 5.41) is 1.32. The molecule has 0 atom stereocenters. The van der Waals surface area contributed by atoms with Crippen LogP contribution in [-0.4, -0.2) is 13.0 Å². The van der Waals surface area contributed by atoms with Gasteiger partial charge in [-0.3, -0.25) is 0 Å². The van der Waals surface area contributed by atoms with E-state index in [1.54, 1.807) is 25.1 Å². The normalized spacial score (nSPS) is 11.2. The fraction of sp³-hybridized carbons (Fsp3) is 0.167. The summed E-state index contributed by atoms with van der Waals surface area (Å²) in [6.07, 6.45) is 0. The molecule has 3 nitrogen and oxygen atoms in total. The molecule has 2 aromatic carbocycles. The Morgan fingerprint density at radius 3 is 2.18 bits per heavy atom. The van der Waals surface area contributed by atoms with E-state index in [1.165, 1.54) is 0 Å². The van der Waals surface area contributed by atoms with E-state index >= 15 is 0 Å². The summed E-state index contributed by atoms with van der Waals surface area (Å²) in [6, 6.07) is 8.82. The van der Waals surface area contributed by atoms with E-state index in [1.807, 2.05) is 19.1 Å². The zero-order valence-electron chi connectivity index (χ0n) is 10.0. The van der Waals surface area contributed by atoms with Crippen LogP contribution in [0.1, 0.15) is 11.1 Å². The molecule has 0 aliphatic rings. The van der Waals surface area contributed by atoms with Gasteiger partial charge in [0, 0.05) is 0 Å². The Balaban J connectivity index is 0.00000144. The van der Waals surface area contributed by atoms with Crippen LogP contribution >= 0.6 is 0 Å². The van der Waals surface area contributed by atoms with E-state index < -0.39 is 10.1 Å². The number of benzene rings is 2. The summed E-state index contributed by atoms with van der Waals surface area (Å²) < 4.78 is 33.7. The molecule has 0 N–H and O–H groups in total. The fourth-order valence-corrected chi connectivity index (χ4v) is 2.84. The molecule has 2 aromatic rings. The molecule has 0 aliphatic carbocycles. The minimum absolute atomic E-state index is 0. The van der Waals surface area contributed by atoms with Crippen molar-refractivity contribution < 1.29 is 42.5 Å². The Morgan fingerprint density at radius 2 is 1.59 bits per heavy atom. The maximum absolute atomic E-state index is 11.2. The fourth-order valence-electron chi connectivity index (χ4n) is 1.93. The first kappa shape index (κ1) is 14.7. The van der Waals surface area contributed by atoms with Crippen molar-refractivity contribution in [3.05, 3.63) is 41.5 Å². The van der Waals surface area contributed by atoms with Crippen molar-refractivity contribution in [1.29, 1.82) is 0 Å². The number of hydrogen-bond acceptors (Lipinski definition) is 3. The topological polar surface area (TPSA) is 57.2 Å². The molecular weight excluding hydrogens is 247 g/mol. The van der Waals surface area contributed by atoms with Gasteiger partial charge >= 0.3 is 29.6 Å². The van der Waals surface area contributed by atoms with Gasteiger partial charge in [-0.2, -0.15) is 0 Å². The molecule has 0 heterocycles. The molecular formula is C12H11NaO3S. The van der Waals surface area contributed by atoms with Gasteiger partial charge in [-0.15, -0.1) is 0 Å². The molecule has 0 radical (unpaired) electrons. The maximum Gasteiger partial charge on any atom is 1.00 e. The third-order valence-electron chi connectivity index (χ3n) is 2.68. The van der Waals surface area contributed by atoms with Crippen molar-refractivity contribution in [3.63, 3.8) is 0 Å². The van der Waals surface area contributed by atoms with E-state index in [9.17, 15) is 13.0 Å². The molecule has 0 saturated heterocycles. The van der Waals surface area contributed by atoms with Crippen LogP contribution in [0.3, 0.4) is 0 Å². The predicted molar refractivity (Wildman–Crippen MR) is 61.4 cm³/mol. The SMILES string of the molecule is Cc1ccc2c(C)cccc2c1S(=O)(=O)[O-].[Na+]. The molecule has 17 heavy (non-hydrogen) atoms. The maximum atomic E-state index is 11.2. The van der Waals surface area contributed by atoms with E-state index in [0.29, 0.717) is 10.9 Å². The second-order valence-corrected chi connectivity index (χ2v) is 5.15. The Labute approximate surface area is 123 Å².